The van der Waals surface area contributed by atoms with Crippen LogP contribution in [0.4, 0.5) is 0 Å². The summed E-state index contributed by atoms with van der Waals surface area (Å²) in [6.07, 6.45) is -0.151. The number of benzene rings is 2. The van der Waals surface area contributed by atoms with Crippen LogP contribution >= 0.6 is 0 Å². The highest BCUT2D eigenvalue weighted by Crippen LogP contribution is 2.30. The lowest BCUT2D eigenvalue weighted by molar-refractivity contribution is -0.130. The Hall–Kier alpha value is -3.02. The SMILES string of the molecule is O=C(O)c1cccc(CCNC(=O)[C@H]2COc3ccccc3O2)c1. The molecule has 2 aromatic rings. The number of carbonyl (C=O) groups is 2. The number of hydrogen-bond donors (Lipinski definition) is 2. The van der Waals surface area contributed by atoms with Gasteiger partial charge < -0.3 is 19.9 Å². The Labute approximate surface area is 139 Å². The van der Waals surface area contributed by atoms with E-state index in [0.717, 1.165) is 5.56 Å². The molecule has 1 heterocycles. The van der Waals surface area contributed by atoms with Crippen molar-refractivity contribution >= 4 is 11.9 Å². The molecule has 0 radical (unpaired) electrons. The third-order valence-corrected chi connectivity index (χ3v) is 3.69. The normalized spacial score (nSPS) is 15.6. The van der Waals surface area contributed by atoms with Crippen molar-refractivity contribution in [3.63, 3.8) is 0 Å². The summed E-state index contributed by atoms with van der Waals surface area (Å²) in [6, 6.07) is 13.9. The van der Waals surface area contributed by atoms with Gasteiger partial charge in [0.05, 0.1) is 5.56 Å². The van der Waals surface area contributed by atoms with Crippen LogP contribution in [0.2, 0.25) is 0 Å². The third kappa shape index (κ3) is 3.65. The Morgan fingerprint density at radius 3 is 2.71 bits per heavy atom. The molecule has 24 heavy (non-hydrogen) atoms. The minimum Gasteiger partial charge on any atom is -0.485 e. The van der Waals surface area contributed by atoms with Crippen LogP contribution in [0.5, 0.6) is 11.5 Å². The average molecular weight is 327 g/mol. The molecule has 3 rings (SSSR count). The van der Waals surface area contributed by atoms with Gasteiger partial charge in [0.2, 0.25) is 6.10 Å². The molecule has 1 atom stereocenters. The van der Waals surface area contributed by atoms with Crippen LogP contribution < -0.4 is 14.8 Å². The number of amides is 1. The summed E-state index contributed by atoms with van der Waals surface area (Å²) in [7, 11) is 0. The van der Waals surface area contributed by atoms with Gasteiger partial charge in [-0.2, -0.15) is 0 Å². The predicted octanol–water partition coefficient (Wildman–Crippen LogP) is 1.88. The predicted molar refractivity (Wildman–Crippen MR) is 86.5 cm³/mol. The fourth-order valence-electron chi connectivity index (χ4n) is 2.45. The summed E-state index contributed by atoms with van der Waals surface area (Å²) in [5, 5.41) is 11.8. The van der Waals surface area contributed by atoms with Crippen molar-refractivity contribution in [2.45, 2.75) is 12.5 Å². The Morgan fingerprint density at radius 2 is 1.92 bits per heavy atom. The summed E-state index contributed by atoms with van der Waals surface area (Å²) in [5.41, 5.74) is 1.08. The number of ether oxygens (including phenoxy) is 2. The van der Waals surface area contributed by atoms with E-state index in [0.29, 0.717) is 24.5 Å². The van der Waals surface area contributed by atoms with Gasteiger partial charge in [-0.05, 0) is 36.2 Å². The van der Waals surface area contributed by atoms with Crippen LogP contribution in [0.25, 0.3) is 0 Å². The molecule has 1 amide bonds. The molecule has 0 aliphatic carbocycles. The highest BCUT2D eigenvalue weighted by Gasteiger charge is 2.26. The van der Waals surface area contributed by atoms with Crippen molar-refractivity contribution in [2.24, 2.45) is 0 Å². The second-order valence-corrected chi connectivity index (χ2v) is 5.41. The van der Waals surface area contributed by atoms with Crippen LogP contribution in [-0.4, -0.2) is 36.2 Å². The number of rotatable bonds is 5. The van der Waals surface area contributed by atoms with E-state index in [1.165, 1.54) is 6.07 Å². The quantitative estimate of drug-likeness (QED) is 0.876. The number of aromatic carboxylic acids is 1. The first-order valence-electron chi connectivity index (χ1n) is 7.62. The van der Waals surface area contributed by atoms with E-state index in [2.05, 4.69) is 5.32 Å². The Kier molecular flexibility index (Phi) is 4.65. The van der Waals surface area contributed by atoms with Gasteiger partial charge in [0.15, 0.2) is 11.5 Å². The fourth-order valence-corrected chi connectivity index (χ4v) is 2.45. The molecule has 1 aliphatic heterocycles. The van der Waals surface area contributed by atoms with Gasteiger partial charge in [-0.25, -0.2) is 4.79 Å². The smallest absolute Gasteiger partial charge is 0.335 e. The molecule has 6 heteroatoms. The van der Waals surface area contributed by atoms with E-state index in [9.17, 15) is 9.59 Å². The second-order valence-electron chi connectivity index (χ2n) is 5.41. The first-order valence-corrected chi connectivity index (χ1v) is 7.62. The molecule has 0 fully saturated rings. The van der Waals surface area contributed by atoms with Crippen molar-refractivity contribution in [3.05, 3.63) is 59.7 Å². The van der Waals surface area contributed by atoms with Gasteiger partial charge in [0.25, 0.3) is 5.91 Å². The van der Waals surface area contributed by atoms with Crippen LogP contribution in [-0.2, 0) is 11.2 Å². The minimum atomic E-state index is -0.965. The molecular weight excluding hydrogens is 310 g/mol. The number of para-hydroxylation sites is 2. The molecule has 0 bridgehead atoms. The molecular formula is C18H17NO5. The molecule has 1 aliphatic rings. The van der Waals surface area contributed by atoms with Crippen molar-refractivity contribution < 1.29 is 24.2 Å². The molecule has 6 nitrogen and oxygen atoms in total. The zero-order valence-corrected chi connectivity index (χ0v) is 12.9. The zero-order valence-electron chi connectivity index (χ0n) is 12.9. The molecule has 0 saturated carbocycles. The van der Waals surface area contributed by atoms with Gasteiger partial charge in [-0.3, -0.25) is 4.79 Å². The molecule has 0 unspecified atom stereocenters. The molecule has 0 aromatic heterocycles. The second kappa shape index (κ2) is 7.04. The minimum absolute atomic E-state index is 0.164. The molecule has 2 aromatic carbocycles. The third-order valence-electron chi connectivity index (χ3n) is 3.69. The van der Waals surface area contributed by atoms with Gasteiger partial charge in [-0.1, -0.05) is 24.3 Å². The van der Waals surface area contributed by atoms with Gasteiger partial charge in [0.1, 0.15) is 6.61 Å². The monoisotopic (exact) mass is 327 g/mol. The lowest BCUT2D eigenvalue weighted by Gasteiger charge is -2.25. The molecule has 0 saturated heterocycles. The standard InChI is InChI=1S/C18H17NO5/c20-17(16-11-23-14-6-1-2-7-15(14)24-16)19-9-8-12-4-3-5-13(10-12)18(21)22/h1-7,10,16H,8-9,11H2,(H,19,20)(H,21,22)/t16-/m1/s1. The summed E-state index contributed by atoms with van der Waals surface area (Å²) < 4.78 is 11.1. The molecule has 124 valence electrons. The Bertz CT molecular complexity index is 759. The maximum Gasteiger partial charge on any atom is 0.335 e. The van der Waals surface area contributed by atoms with E-state index in [1.807, 2.05) is 18.2 Å². The maximum atomic E-state index is 12.2. The highest BCUT2D eigenvalue weighted by molar-refractivity contribution is 5.87. The average Bonchev–Trinajstić information content (AvgIpc) is 2.61. The van der Waals surface area contributed by atoms with E-state index in [-0.39, 0.29) is 18.1 Å². The van der Waals surface area contributed by atoms with E-state index < -0.39 is 12.1 Å². The Morgan fingerprint density at radius 1 is 1.12 bits per heavy atom. The van der Waals surface area contributed by atoms with Crippen LogP contribution in [0.3, 0.4) is 0 Å². The summed E-state index contributed by atoms with van der Waals surface area (Å²) in [4.78, 5) is 23.1. The summed E-state index contributed by atoms with van der Waals surface area (Å²) in [6.45, 7) is 0.556. The lowest BCUT2D eigenvalue weighted by atomic mass is 10.1. The largest absolute Gasteiger partial charge is 0.485 e. The summed E-state index contributed by atoms with van der Waals surface area (Å²) in [5.74, 6) is -0.0312. The van der Waals surface area contributed by atoms with Crippen molar-refractivity contribution in [3.8, 4) is 11.5 Å². The highest BCUT2D eigenvalue weighted by atomic mass is 16.6. The van der Waals surface area contributed by atoms with E-state index in [1.54, 1.807) is 24.3 Å². The first-order chi connectivity index (χ1) is 11.6. The topological polar surface area (TPSA) is 84.9 Å². The van der Waals surface area contributed by atoms with Gasteiger partial charge in [0, 0.05) is 6.54 Å². The first kappa shape index (κ1) is 15.9. The number of nitrogens with one attached hydrogen (secondary N) is 1. The summed E-state index contributed by atoms with van der Waals surface area (Å²) >= 11 is 0. The lowest BCUT2D eigenvalue weighted by Crippen LogP contribution is -2.44. The van der Waals surface area contributed by atoms with Crippen LogP contribution in [0, 0.1) is 0 Å². The van der Waals surface area contributed by atoms with E-state index >= 15 is 0 Å². The Balaban J connectivity index is 1.51. The van der Waals surface area contributed by atoms with E-state index in [4.69, 9.17) is 14.6 Å². The fraction of sp³-hybridized carbons (Fsp3) is 0.222. The number of hydrogen-bond acceptors (Lipinski definition) is 4. The van der Waals surface area contributed by atoms with Crippen molar-refractivity contribution in [1.82, 2.24) is 5.32 Å². The maximum absolute atomic E-state index is 12.2. The number of carboxylic acids is 1. The number of carboxylic acid groups (broad SMARTS) is 1. The number of carbonyl (C=O) groups excluding carboxylic acids is 1. The van der Waals surface area contributed by atoms with Crippen LogP contribution in [0.1, 0.15) is 15.9 Å². The number of fused-ring (bicyclic) bond motifs is 1. The zero-order chi connectivity index (χ0) is 16.9. The van der Waals surface area contributed by atoms with Crippen molar-refractivity contribution in [1.29, 1.82) is 0 Å². The molecule has 2 N–H and O–H groups in total. The van der Waals surface area contributed by atoms with Gasteiger partial charge in [-0.15, -0.1) is 0 Å². The van der Waals surface area contributed by atoms with Gasteiger partial charge >= 0.3 is 5.97 Å². The van der Waals surface area contributed by atoms with Crippen molar-refractivity contribution in [2.75, 3.05) is 13.2 Å². The van der Waals surface area contributed by atoms with Crippen LogP contribution in [0.15, 0.2) is 48.5 Å². The molecule has 0 spiro atoms.